The van der Waals surface area contributed by atoms with Crippen molar-refractivity contribution in [1.82, 2.24) is 9.88 Å². The first-order valence-electron chi connectivity index (χ1n) is 10.7. The first-order valence-corrected chi connectivity index (χ1v) is 10.7. The smallest absolute Gasteiger partial charge is 0.317 e. The topological polar surface area (TPSA) is 31.7 Å². The second kappa shape index (κ2) is 7.50. The molecule has 1 aromatic heterocycles. The second-order valence-electron chi connectivity index (χ2n) is 9.07. The number of nitrogens with zero attached hydrogens (tertiary/aromatic N) is 4. The van der Waals surface area contributed by atoms with Gasteiger partial charge in [0.15, 0.2) is 6.29 Å². The minimum atomic E-state index is -4.47. The molecule has 170 valence electrons. The molecule has 1 atom stereocenters. The molecule has 3 aliphatic rings. The van der Waals surface area contributed by atoms with Gasteiger partial charge in [0.05, 0.1) is 5.56 Å². The van der Waals surface area contributed by atoms with Crippen molar-refractivity contribution < 1.29 is 22.0 Å². The van der Waals surface area contributed by atoms with Crippen LogP contribution in [0.2, 0.25) is 0 Å². The van der Waals surface area contributed by atoms with Gasteiger partial charge in [-0.05, 0) is 42.0 Å². The monoisotopic (exact) mass is 450 g/mol. The van der Waals surface area contributed by atoms with E-state index in [2.05, 4.69) is 14.9 Å². The molecule has 0 radical (unpaired) electrons. The van der Waals surface area contributed by atoms with Crippen molar-refractivity contribution in [3.63, 3.8) is 0 Å². The Morgan fingerprint density at radius 2 is 1.72 bits per heavy atom. The molecule has 1 aliphatic carbocycles. The highest BCUT2D eigenvalue weighted by Crippen LogP contribution is 2.57. The van der Waals surface area contributed by atoms with Crippen LogP contribution in [0.4, 0.5) is 27.8 Å². The molecule has 0 N–H and O–H groups in total. The Bertz CT molecular complexity index is 1020. The van der Waals surface area contributed by atoms with E-state index in [1.54, 1.807) is 29.4 Å². The number of halogens is 5. The average molecular weight is 450 g/mol. The highest BCUT2D eigenvalue weighted by molar-refractivity contribution is 5.88. The van der Waals surface area contributed by atoms with Crippen LogP contribution in [-0.2, 0) is 12.7 Å². The third-order valence-corrected chi connectivity index (χ3v) is 6.83. The fourth-order valence-corrected chi connectivity index (χ4v) is 5.28. The molecule has 2 fully saturated rings. The summed E-state index contributed by atoms with van der Waals surface area (Å²) >= 11 is 0. The number of pyridine rings is 1. The van der Waals surface area contributed by atoms with E-state index in [9.17, 15) is 22.0 Å². The van der Waals surface area contributed by atoms with Crippen LogP contribution in [0.25, 0.3) is 0 Å². The first-order chi connectivity index (χ1) is 15.2. The number of aliphatic imine (C=N–C) groups is 1. The van der Waals surface area contributed by atoms with Crippen LogP contribution in [0.3, 0.4) is 0 Å². The molecular formula is C23H23F5N4. The summed E-state index contributed by atoms with van der Waals surface area (Å²) in [5, 5.41) is 0. The van der Waals surface area contributed by atoms with E-state index < -0.39 is 24.0 Å². The molecule has 9 heteroatoms. The fraction of sp³-hybridized carbons (Fsp3) is 0.478. The molecule has 1 saturated heterocycles. The van der Waals surface area contributed by atoms with E-state index in [0.717, 1.165) is 11.6 Å². The number of piperidine rings is 1. The quantitative estimate of drug-likeness (QED) is 0.592. The molecule has 1 unspecified atom stereocenters. The van der Waals surface area contributed by atoms with Gasteiger partial charge >= 0.3 is 6.18 Å². The van der Waals surface area contributed by atoms with Crippen molar-refractivity contribution in [2.45, 2.75) is 50.6 Å². The van der Waals surface area contributed by atoms with Gasteiger partial charge in [-0.15, -0.1) is 0 Å². The number of rotatable bonds is 3. The zero-order valence-electron chi connectivity index (χ0n) is 17.3. The summed E-state index contributed by atoms with van der Waals surface area (Å²) in [7, 11) is 0. The number of alkyl halides is 5. The summed E-state index contributed by atoms with van der Waals surface area (Å²) in [4.78, 5) is 12.9. The van der Waals surface area contributed by atoms with Crippen LogP contribution >= 0.6 is 0 Å². The van der Waals surface area contributed by atoms with Crippen LogP contribution in [0.5, 0.6) is 0 Å². The number of likely N-dealkylation sites (tertiary alicyclic amines) is 1. The van der Waals surface area contributed by atoms with Gasteiger partial charge in [0.25, 0.3) is 0 Å². The zero-order valence-corrected chi connectivity index (χ0v) is 17.3. The Hall–Kier alpha value is -2.55. The third kappa shape index (κ3) is 3.87. The van der Waals surface area contributed by atoms with Gasteiger partial charge in [-0.2, -0.15) is 13.2 Å². The van der Waals surface area contributed by atoms with Gasteiger partial charge in [-0.25, -0.2) is 13.8 Å². The summed E-state index contributed by atoms with van der Waals surface area (Å²) in [5.74, 6) is -2.00. The average Bonchev–Trinajstić information content (AvgIpc) is 2.73. The van der Waals surface area contributed by atoms with Crippen molar-refractivity contribution in [2.75, 3.05) is 18.0 Å². The number of hydrogen-bond donors (Lipinski definition) is 0. The third-order valence-electron chi connectivity index (χ3n) is 6.83. The standard InChI is InChI=1S/C23H23F5N4/c24-22(25)14-21(15-22)7-10-31(11-8-21)20-30-12-16-5-3-9-29-19(16)32(20)13-17-4-1-2-6-18(17)23(26,27)28/h1-6,9,12,20H,7-8,10-11,13-15H2. The van der Waals surface area contributed by atoms with Gasteiger partial charge in [0.1, 0.15) is 5.82 Å². The van der Waals surface area contributed by atoms with Gasteiger partial charge in [0, 0.05) is 50.5 Å². The molecule has 1 saturated carbocycles. The Morgan fingerprint density at radius 3 is 2.41 bits per heavy atom. The van der Waals surface area contributed by atoms with Crippen molar-refractivity contribution in [3.05, 3.63) is 59.3 Å². The molecule has 4 nitrogen and oxygen atoms in total. The molecular weight excluding hydrogens is 427 g/mol. The largest absolute Gasteiger partial charge is 0.416 e. The van der Waals surface area contributed by atoms with Crippen LogP contribution in [0, 0.1) is 5.41 Å². The summed E-state index contributed by atoms with van der Waals surface area (Å²) < 4.78 is 67.8. The van der Waals surface area contributed by atoms with Crippen LogP contribution in [-0.4, -0.2) is 41.4 Å². The summed E-state index contributed by atoms with van der Waals surface area (Å²) in [6, 6.07) is 9.11. The van der Waals surface area contributed by atoms with Crippen LogP contribution < -0.4 is 4.90 Å². The van der Waals surface area contributed by atoms with E-state index >= 15 is 0 Å². The minimum Gasteiger partial charge on any atom is -0.317 e. The highest BCUT2D eigenvalue weighted by atomic mass is 19.4. The zero-order chi connectivity index (χ0) is 22.6. The highest BCUT2D eigenvalue weighted by Gasteiger charge is 2.57. The van der Waals surface area contributed by atoms with Gasteiger partial charge in [-0.1, -0.05) is 18.2 Å². The van der Waals surface area contributed by atoms with E-state index in [0.29, 0.717) is 31.7 Å². The van der Waals surface area contributed by atoms with Crippen molar-refractivity contribution in [2.24, 2.45) is 10.4 Å². The molecule has 1 spiro atoms. The van der Waals surface area contributed by atoms with Gasteiger partial charge in [0.2, 0.25) is 5.92 Å². The summed E-state index contributed by atoms with van der Waals surface area (Å²) in [6.07, 6.45) is -0.570. The Morgan fingerprint density at radius 1 is 1.00 bits per heavy atom. The van der Waals surface area contributed by atoms with Gasteiger partial charge < -0.3 is 4.90 Å². The summed E-state index contributed by atoms with van der Waals surface area (Å²) in [6.45, 7) is 1.12. The van der Waals surface area contributed by atoms with Gasteiger partial charge in [-0.3, -0.25) is 9.89 Å². The minimum absolute atomic E-state index is 0.0125. The molecule has 0 amide bonds. The maximum Gasteiger partial charge on any atom is 0.416 e. The van der Waals surface area contributed by atoms with Crippen molar-refractivity contribution >= 4 is 12.0 Å². The lowest BCUT2D eigenvalue weighted by Crippen LogP contribution is -2.57. The predicted octanol–water partition coefficient (Wildman–Crippen LogP) is 5.33. The summed E-state index contributed by atoms with van der Waals surface area (Å²) in [5.41, 5.74) is -0.117. The molecule has 0 bridgehead atoms. The molecule has 2 aromatic rings. The fourth-order valence-electron chi connectivity index (χ4n) is 5.28. The maximum absolute atomic E-state index is 13.6. The second-order valence-corrected chi connectivity index (χ2v) is 9.07. The van der Waals surface area contributed by atoms with Crippen LogP contribution in [0.1, 0.15) is 42.4 Å². The number of aromatic nitrogens is 1. The lowest BCUT2D eigenvalue weighted by atomic mass is 9.61. The number of benzene rings is 1. The lowest BCUT2D eigenvalue weighted by Gasteiger charge is -2.53. The predicted molar refractivity (Wildman–Crippen MR) is 111 cm³/mol. The SMILES string of the molecule is FC1(F)CC2(CCN(C3N=Cc4cccnc4N3Cc3ccccc3C(F)(F)F)CC2)C1. The Kier molecular flexibility index (Phi) is 5.00. The Labute approximate surface area is 182 Å². The lowest BCUT2D eigenvalue weighted by molar-refractivity contribution is -0.179. The van der Waals surface area contributed by atoms with E-state index in [4.69, 9.17) is 0 Å². The number of hydrogen-bond acceptors (Lipinski definition) is 4. The van der Waals surface area contributed by atoms with E-state index in [1.807, 2.05) is 6.07 Å². The van der Waals surface area contributed by atoms with Crippen molar-refractivity contribution in [1.29, 1.82) is 0 Å². The molecule has 2 aliphatic heterocycles. The Balaban J connectivity index is 1.42. The number of anilines is 1. The first kappa shape index (κ1) is 21.3. The molecule has 1 aromatic carbocycles. The normalized spacial score (nSPS) is 24.3. The van der Waals surface area contributed by atoms with E-state index in [1.165, 1.54) is 12.1 Å². The molecule has 5 rings (SSSR count). The van der Waals surface area contributed by atoms with Crippen LogP contribution in [0.15, 0.2) is 47.6 Å². The van der Waals surface area contributed by atoms with Crippen molar-refractivity contribution in [3.8, 4) is 0 Å². The molecule has 32 heavy (non-hydrogen) atoms. The maximum atomic E-state index is 13.6. The molecule has 3 heterocycles. The van der Waals surface area contributed by atoms with E-state index in [-0.39, 0.29) is 30.4 Å². The number of fused-ring (bicyclic) bond motifs is 1.